The molecule has 0 fully saturated rings. The van der Waals surface area contributed by atoms with Gasteiger partial charge in [-0.25, -0.2) is 13.6 Å². The largest absolute Gasteiger partial charge is 0.478 e. The molecule has 116 valence electrons. The molecule has 1 amide bonds. The summed E-state index contributed by atoms with van der Waals surface area (Å²) < 4.78 is 26.2. The third-order valence-corrected chi connectivity index (χ3v) is 2.92. The average Bonchev–Trinajstić information content (AvgIpc) is 2.42. The molecule has 0 atom stereocenters. The van der Waals surface area contributed by atoms with Crippen LogP contribution in [0.1, 0.15) is 42.5 Å². The summed E-state index contributed by atoms with van der Waals surface area (Å²) in [6.45, 7) is 0.600. The van der Waals surface area contributed by atoms with Crippen molar-refractivity contribution in [1.29, 1.82) is 0 Å². The Bertz CT molecular complexity index is 521. The molecule has 0 unspecified atom stereocenters. The minimum absolute atomic E-state index is 0.183. The summed E-state index contributed by atoms with van der Waals surface area (Å²) in [6, 6.07) is 1.22. The molecular weight excluding hydrogens is 282 g/mol. The summed E-state index contributed by atoms with van der Waals surface area (Å²) in [5, 5.41) is 11.2. The maximum Gasteiger partial charge on any atom is 0.337 e. The molecule has 1 aromatic carbocycles. The molecule has 0 saturated carbocycles. The summed E-state index contributed by atoms with van der Waals surface area (Å²) in [7, 11) is 0. The van der Waals surface area contributed by atoms with Gasteiger partial charge in [0.2, 0.25) is 5.91 Å². The van der Waals surface area contributed by atoms with E-state index in [1.54, 1.807) is 0 Å². The molecule has 0 aromatic heterocycles. The Morgan fingerprint density at radius 2 is 1.71 bits per heavy atom. The lowest BCUT2D eigenvalue weighted by molar-refractivity contribution is -0.116. The highest BCUT2D eigenvalue weighted by Gasteiger charge is 2.16. The van der Waals surface area contributed by atoms with E-state index < -0.39 is 29.1 Å². The van der Waals surface area contributed by atoms with Gasteiger partial charge in [-0.3, -0.25) is 4.79 Å². The molecule has 0 heterocycles. The number of anilines is 1. The Hall–Kier alpha value is -2.02. The Morgan fingerprint density at radius 3 is 2.33 bits per heavy atom. The number of hydrogen-bond donors (Lipinski definition) is 3. The zero-order valence-corrected chi connectivity index (χ0v) is 11.5. The molecule has 21 heavy (non-hydrogen) atoms. The molecule has 5 nitrogen and oxygen atoms in total. The van der Waals surface area contributed by atoms with Gasteiger partial charge in [0.25, 0.3) is 0 Å². The number of nitrogens with two attached hydrogens (primary N) is 1. The van der Waals surface area contributed by atoms with Crippen LogP contribution in [0.25, 0.3) is 0 Å². The van der Waals surface area contributed by atoms with Gasteiger partial charge in [0.15, 0.2) is 11.6 Å². The number of amides is 1. The topological polar surface area (TPSA) is 92.4 Å². The number of benzene rings is 1. The van der Waals surface area contributed by atoms with Gasteiger partial charge in [0.1, 0.15) is 0 Å². The van der Waals surface area contributed by atoms with E-state index in [1.165, 1.54) is 0 Å². The fraction of sp³-hybridized carbons (Fsp3) is 0.429. The van der Waals surface area contributed by atoms with Crippen molar-refractivity contribution in [2.75, 3.05) is 11.9 Å². The minimum atomic E-state index is -1.44. The van der Waals surface area contributed by atoms with Crippen molar-refractivity contribution in [3.05, 3.63) is 29.3 Å². The van der Waals surface area contributed by atoms with Crippen molar-refractivity contribution in [1.82, 2.24) is 0 Å². The predicted octanol–water partition coefficient (Wildman–Crippen LogP) is 2.51. The van der Waals surface area contributed by atoms with Gasteiger partial charge in [0.05, 0.1) is 11.3 Å². The molecule has 1 aromatic rings. The Balaban J connectivity index is 2.63. The van der Waals surface area contributed by atoms with Gasteiger partial charge in [0, 0.05) is 12.5 Å². The zero-order valence-electron chi connectivity index (χ0n) is 11.5. The second kappa shape index (κ2) is 8.31. The number of aromatic carboxylic acids is 1. The number of carbonyl (C=O) groups excluding carboxylic acids is 1. The number of halogens is 2. The Labute approximate surface area is 121 Å². The Morgan fingerprint density at radius 1 is 1.10 bits per heavy atom. The molecule has 0 bridgehead atoms. The first kappa shape index (κ1) is 17.0. The van der Waals surface area contributed by atoms with Crippen molar-refractivity contribution in [3.63, 3.8) is 0 Å². The van der Waals surface area contributed by atoms with Gasteiger partial charge >= 0.3 is 5.97 Å². The summed E-state index contributed by atoms with van der Waals surface area (Å²) >= 11 is 0. The maximum atomic E-state index is 13.1. The van der Waals surface area contributed by atoms with E-state index in [2.05, 4.69) is 5.32 Å². The Kier molecular flexibility index (Phi) is 6.74. The SMILES string of the molecule is NCCCCCCC(=O)Nc1cc(F)c(F)cc1C(=O)O. The normalized spacial score (nSPS) is 10.4. The lowest BCUT2D eigenvalue weighted by Gasteiger charge is -2.09. The second-order valence-electron chi connectivity index (χ2n) is 4.62. The van der Waals surface area contributed by atoms with Crippen LogP contribution in [0.2, 0.25) is 0 Å². The van der Waals surface area contributed by atoms with Crippen LogP contribution in [0.5, 0.6) is 0 Å². The molecule has 7 heteroatoms. The van der Waals surface area contributed by atoms with Gasteiger partial charge in [-0.15, -0.1) is 0 Å². The summed E-state index contributed by atoms with van der Waals surface area (Å²) in [6.07, 6.45) is 3.43. The van der Waals surface area contributed by atoms with Crippen molar-refractivity contribution < 1.29 is 23.5 Å². The minimum Gasteiger partial charge on any atom is -0.478 e. The lowest BCUT2D eigenvalue weighted by atomic mass is 10.1. The molecule has 0 radical (unpaired) electrons. The van der Waals surface area contributed by atoms with E-state index in [1.807, 2.05) is 0 Å². The van der Waals surface area contributed by atoms with Gasteiger partial charge in [-0.05, 0) is 25.5 Å². The molecule has 0 spiro atoms. The monoisotopic (exact) mass is 300 g/mol. The molecule has 0 aliphatic rings. The number of carboxylic acids is 1. The van der Waals surface area contributed by atoms with E-state index in [0.29, 0.717) is 25.1 Å². The van der Waals surface area contributed by atoms with Crippen molar-refractivity contribution in [2.24, 2.45) is 5.73 Å². The van der Waals surface area contributed by atoms with Crippen LogP contribution in [0.4, 0.5) is 14.5 Å². The van der Waals surface area contributed by atoms with Crippen molar-refractivity contribution in [3.8, 4) is 0 Å². The number of carboxylic acid groups (broad SMARTS) is 1. The highest BCUT2D eigenvalue weighted by atomic mass is 19.2. The maximum absolute atomic E-state index is 13.1. The number of carbonyl (C=O) groups is 2. The van der Waals surface area contributed by atoms with E-state index in [9.17, 15) is 18.4 Å². The van der Waals surface area contributed by atoms with E-state index in [0.717, 1.165) is 19.3 Å². The predicted molar refractivity (Wildman–Crippen MR) is 74.1 cm³/mol. The number of unbranched alkanes of at least 4 members (excludes halogenated alkanes) is 3. The number of hydrogen-bond acceptors (Lipinski definition) is 3. The van der Waals surface area contributed by atoms with E-state index in [-0.39, 0.29) is 12.1 Å². The van der Waals surface area contributed by atoms with Gasteiger partial charge < -0.3 is 16.2 Å². The first-order valence-corrected chi connectivity index (χ1v) is 6.68. The van der Waals surface area contributed by atoms with E-state index in [4.69, 9.17) is 10.8 Å². The molecule has 1 rings (SSSR count). The fourth-order valence-electron chi connectivity index (χ4n) is 1.82. The van der Waals surface area contributed by atoms with Crippen LogP contribution in [0.3, 0.4) is 0 Å². The molecule has 0 aliphatic carbocycles. The molecule has 0 aliphatic heterocycles. The summed E-state index contributed by atoms with van der Waals surface area (Å²) in [4.78, 5) is 22.6. The highest BCUT2D eigenvalue weighted by Crippen LogP contribution is 2.20. The summed E-state index contributed by atoms with van der Waals surface area (Å²) in [5.74, 6) is -4.35. The third kappa shape index (κ3) is 5.47. The van der Waals surface area contributed by atoms with E-state index >= 15 is 0 Å². The first-order chi connectivity index (χ1) is 9.95. The summed E-state index contributed by atoms with van der Waals surface area (Å²) in [5.41, 5.74) is 4.62. The smallest absolute Gasteiger partial charge is 0.337 e. The zero-order chi connectivity index (χ0) is 15.8. The molecule has 4 N–H and O–H groups in total. The van der Waals surface area contributed by atoms with Gasteiger partial charge in [-0.1, -0.05) is 12.8 Å². The van der Waals surface area contributed by atoms with Crippen LogP contribution >= 0.6 is 0 Å². The lowest BCUT2D eigenvalue weighted by Crippen LogP contribution is -2.15. The first-order valence-electron chi connectivity index (χ1n) is 6.68. The third-order valence-electron chi connectivity index (χ3n) is 2.92. The van der Waals surface area contributed by atoms with Crippen molar-refractivity contribution >= 4 is 17.6 Å². The number of rotatable bonds is 8. The van der Waals surface area contributed by atoms with Crippen LogP contribution in [0.15, 0.2) is 12.1 Å². The fourth-order valence-corrected chi connectivity index (χ4v) is 1.82. The standard InChI is InChI=1S/C14H18F2N2O3/c15-10-7-9(14(20)21)12(8-11(10)16)18-13(19)5-3-1-2-4-6-17/h7-8H,1-6,17H2,(H,18,19)(H,20,21). The van der Waals surface area contributed by atoms with Crippen LogP contribution in [-0.4, -0.2) is 23.5 Å². The second-order valence-corrected chi connectivity index (χ2v) is 4.62. The van der Waals surface area contributed by atoms with Crippen molar-refractivity contribution in [2.45, 2.75) is 32.1 Å². The average molecular weight is 300 g/mol. The highest BCUT2D eigenvalue weighted by molar-refractivity contribution is 6.00. The van der Waals surface area contributed by atoms with Gasteiger partial charge in [-0.2, -0.15) is 0 Å². The van der Waals surface area contributed by atoms with Crippen LogP contribution in [-0.2, 0) is 4.79 Å². The molecule has 0 saturated heterocycles. The van der Waals surface area contributed by atoms with Crippen LogP contribution < -0.4 is 11.1 Å². The molecular formula is C14H18F2N2O3. The van der Waals surface area contributed by atoms with Crippen LogP contribution in [0, 0.1) is 11.6 Å². The quantitative estimate of drug-likeness (QED) is 0.643. The number of nitrogens with one attached hydrogen (secondary N) is 1.